The summed E-state index contributed by atoms with van der Waals surface area (Å²) in [5.74, 6) is 0.548. The van der Waals surface area contributed by atoms with Crippen LogP contribution in [0.3, 0.4) is 0 Å². The third-order valence-corrected chi connectivity index (χ3v) is 3.77. The quantitative estimate of drug-likeness (QED) is 0.842. The van der Waals surface area contributed by atoms with Crippen molar-refractivity contribution in [1.82, 2.24) is 5.32 Å². The summed E-state index contributed by atoms with van der Waals surface area (Å²) in [6.07, 6.45) is 0. The van der Waals surface area contributed by atoms with E-state index in [1.165, 1.54) is 6.92 Å². The van der Waals surface area contributed by atoms with Crippen molar-refractivity contribution < 1.29 is 14.3 Å². The van der Waals surface area contributed by atoms with E-state index in [1.807, 2.05) is 50.2 Å². The fourth-order valence-electron chi connectivity index (χ4n) is 2.45. The molecule has 0 aliphatic rings. The van der Waals surface area contributed by atoms with Crippen LogP contribution in [0.2, 0.25) is 0 Å². The molecule has 0 radical (unpaired) electrons. The van der Waals surface area contributed by atoms with Crippen molar-refractivity contribution >= 4 is 17.5 Å². The van der Waals surface area contributed by atoms with E-state index in [2.05, 4.69) is 5.32 Å². The number of carbonyl (C=O) groups excluding carboxylic acids is 2. The van der Waals surface area contributed by atoms with Gasteiger partial charge in [-0.2, -0.15) is 0 Å². The summed E-state index contributed by atoms with van der Waals surface area (Å²) in [6, 6.07) is 14.7. The molecule has 0 saturated carbocycles. The second-order valence-corrected chi connectivity index (χ2v) is 5.72. The minimum absolute atomic E-state index is 0.0752. The Morgan fingerprint density at radius 1 is 1.04 bits per heavy atom. The van der Waals surface area contributed by atoms with E-state index in [4.69, 9.17) is 4.74 Å². The van der Waals surface area contributed by atoms with Gasteiger partial charge in [0, 0.05) is 31.3 Å². The van der Waals surface area contributed by atoms with Gasteiger partial charge in [-0.15, -0.1) is 0 Å². The number of benzene rings is 2. The maximum atomic E-state index is 12.1. The highest BCUT2D eigenvalue weighted by molar-refractivity contribution is 5.94. The summed E-state index contributed by atoms with van der Waals surface area (Å²) in [5, 5.41) is 2.85. The third-order valence-electron chi connectivity index (χ3n) is 3.77. The minimum atomic E-state index is -0.143. The number of rotatable bonds is 7. The first kappa shape index (κ1) is 18.5. The van der Waals surface area contributed by atoms with Crippen LogP contribution in [0.25, 0.3) is 0 Å². The predicted molar refractivity (Wildman–Crippen MR) is 99.2 cm³/mol. The van der Waals surface area contributed by atoms with Crippen LogP contribution in [0, 0.1) is 6.92 Å². The summed E-state index contributed by atoms with van der Waals surface area (Å²) in [5.41, 5.74) is 2.50. The van der Waals surface area contributed by atoms with Crippen LogP contribution in [0.1, 0.15) is 29.8 Å². The molecule has 0 unspecified atom stereocenters. The van der Waals surface area contributed by atoms with Crippen molar-refractivity contribution in [2.75, 3.05) is 24.6 Å². The molecule has 1 N–H and O–H groups in total. The largest absolute Gasteiger partial charge is 0.494 e. The van der Waals surface area contributed by atoms with E-state index in [0.717, 1.165) is 17.0 Å². The second-order valence-electron chi connectivity index (χ2n) is 5.72. The third kappa shape index (κ3) is 5.35. The number of anilines is 1. The number of amides is 2. The Morgan fingerprint density at radius 2 is 1.68 bits per heavy atom. The first-order valence-corrected chi connectivity index (χ1v) is 8.37. The molecule has 0 saturated heterocycles. The summed E-state index contributed by atoms with van der Waals surface area (Å²) in [4.78, 5) is 25.7. The van der Waals surface area contributed by atoms with Crippen molar-refractivity contribution in [2.24, 2.45) is 0 Å². The zero-order valence-corrected chi connectivity index (χ0v) is 14.9. The smallest absolute Gasteiger partial charge is 0.251 e. The molecular formula is C20H24N2O3. The SMILES string of the molecule is CCOc1ccc(N(CCNC(=O)c2ccc(C)cc2)C(C)=O)cc1. The van der Waals surface area contributed by atoms with Crippen LogP contribution < -0.4 is 15.0 Å². The number of nitrogens with zero attached hydrogens (tertiary/aromatic N) is 1. The Morgan fingerprint density at radius 3 is 2.24 bits per heavy atom. The molecule has 0 heterocycles. The van der Waals surface area contributed by atoms with Crippen molar-refractivity contribution in [3.05, 3.63) is 59.7 Å². The zero-order valence-electron chi connectivity index (χ0n) is 14.9. The molecule has 5 heteroatoms. The van der Waals surface area contributed by atoms with Gasteiger partial charge in [0.2, 0.25) is 5.91 Å². The molecule has 0 atom stereocenters. The second kappa shape index (κ2) is 8.87. The lowest BCUT2D eigenvalue weighted by atomic mass is 10.1. The van der Waals surface area contributed by atoms with Gasteiger partial charge < -0.3 is 15.0 Å². The van der Waals surface area contributed by atoms with Gasteiger partial charge in [0.05, 0.1) is 6.61 Å². The fraction of sp³-hybridized carbons (Fsp3) is 0.300. The van der Waals surface area contributed by atoms with E-state index in [1.54, 1.807) is 17.0 Å². The first-order chi connectivity index (χ1) is 12.0. The standard InChI is InChI=1S/C20H24N2O3/c1-4-25-19-11-9-18(10-12-19)22(16(3)23)14-13-21-20(24)17-7-5-15(2)6-8-17/h5-12H,4,13-14H2,1-3H3,(H,21,24). The van der Waals surface area contributed by atoms with E-state index >= 15 is 0 Å². The number of ether oxygens (including phenoxy) is 1. The molecule has 25 heavy (non-hydrogen) atoms. The molecule has 2 aromatic rings. The Bertz CT molecular complexity index is 709. The number of nitrogens with one attached hydrogen (secondary N) is 1. The highest BCUT2D eigenvalue weighted by Gasteiger charge is 2.12. The van der Waals surface area contributed by atoms with Gasteiger partial charge in [-0.1, -0.05) is 17.7 Å². The Kier molecular flexibility index (Phi) is 6.57. The highest BCUT2D eigenvalue weighted by Crippen LogP contribution is 2.19. The van der Waals surface area contributed by atoms with E-state index in [9.17, 15) is 9.59 Å². The summed E-state index contributed by atoms with van der Waals surface area (Å²) >= 11 is 0. The lowest BCUT2D eigenvalue weighted by molar-refractivity contribution is -0.116. The van der Waals surface area contributed by atoms with Crippen LogP contribution in [0.4, 0.5) is 5.69 Å². The van der Waals surface area contributed by atoms with Crippen LogP contribution in [-0.4, -0.2) is 31.5 Å². The molecule has 2 amide bonds. The topological polar surface area (TPSA) is 58.6 Å². The van der Waals surface area contributed by atoms with Gasteiger partial charge in [-0.05, 0) is 50.2 Å². The van der Waals surface area contributed by atoms with Gasteiger partial charge in [0.15, 0.2) is 0 Å². The molecule has 0 aliphatic carbocycles. The molecular weight excluding hydrogens is 316 g/mol. The fourth-order valence-corrected chi connectivity index (χ4v) is 2.45. The Labute approximate surface area is 148 Å². The van der Waals surface area contributed by atoms with Crippen molar-refractivity contribution in [2.45, 2.75) is 20.8 Å². The van der Waals surface area contributed by atoms with Crippen molar-refractivity contribution in [3.8, 4) is 5.75 Å². The van der Waals surface area contributed by atoms with E-state index in [0.29, 0.717) is 25.3 Å². The number of hydrogen-bond acceptors (Lipinski definition) is 3. The number of carbonyl (C=O) groups is 2. The monoisotopic (exact) mass is 340 g/mol. The molecule has 0 aliphatic heterocycles. The number of aryl methyl sites for hydroxylation is 1. The van der Waals surface area contributed by atoms with Crippen LogP contribution in [-0.2, 0) is 4.79 Å². The molecule has 132 valence electrons. The maximum absolute atomic E-state index is 12.1. The maximum Gasteiger partial charge on any atom is 0.251 e. The van der Waals surface area contributed by atoms with Gasteiger partial charge in [-0.25, -0.2) is 0 Å². The molecule has 0 aromatic heterocycles. The van der Waals surface area contributed by atoms with Crippen molar-refractivity contribution in [3.63, 3.8) is 0 Å². The highest BCUT2D eigenvalue weighted by atomic mass is 16.5. The van der Waals surface area contributed by atoms with Gasteiger partial charge in [0.1, 0.15) is 5.75 Å². The summed E-state index contributed by atoms with van der Waals surface area (Å²) in [6.45, 7) is 6.79. The minimum Gasteiger partial charge on any atom is -0.494 e. The normalized spacial score (nSPS) is 10.2. The van der Waals surface area contributed by atoms with Crippen LogP contribution >= 0.6 is 0 Å². The molecule has 0 spiro atoms. The molecule has 2 aromatic carbocycles. The average Bonchev–Trinajstić information content (AvgIpc) is 2.60. The first-order valence-electron chi connectivity index (χ1n) is 8.37. The van der Waals surface area contributed by atoms with Crippen LogP contribution in [0.15, 0.2) is 48.5 Å². The molecule has 2 rings (SSSR count). The summed E-state index contributed by atoms with van der Waals surface area (Å²) in [7, 11) is 0. The predicted octanol–water partition coefficient (Wildman–Crippen LogP) is 3.18. The van der Waals surface area contributed by atoms with E-state index < -0.39 is 0 Å². The molecule has 5 nitrogen and oxygen atoms in total. The van der Waals surface area contributed by atoms with Gasteiger partial charge in [-0.3, -0.25) is 9.59 Å². The van der Waals surface area contributed by atoms with Crippen molar-refractivity contribution in [1.29, 1.82) is 0 Å². The molecule has 0 bridgehead atoms. The van der Waals surface area contributed by atoms with E-state index in [-0.39, 0.29) is 11.8 Å². The van der Waals surface area contributed by atoms with Gasteiger partial charge in [0.25, 0.3) is 5.91 Å². The van der Waals surface area contributed by atoms with Gasteiger partial charge >= 0.3 is 0 Å². The average molecular weight is 340 g/mol. The lowest BCUT2D eigenvalue weighted by Gasteiger charge is -2.21. The zero-order chi connectivity index (χ0) is 18.2. The van der Waals surface area contributed by atoms with Crippen LogP contribution in [0.5, 0.6) is 5.75 Å². The number of hydrogen-bond donors (Lipinski definition) is 1. The Balaban J connectivity index is 1.94. The molecule has 0 fully saturated rings. The summed E-state index contributed by atoms with van der Waals surface area (Å²) < 4.78 is 5.41. The Hall–Kier alpha value is -2.82. The lowest BCUT2D eigenvalue weighted by Crippen LogP contribution is -2.37.